The van der Waals surface area contributed by atoms with Crippen LogP contribution in [0.2, 0.25) is 0 Å². The molecular weight excluding hydrogens is 192 g/mol. The van der Waals surface area contributed by atoms with E-state index < -0.39 is 0 Å². The molecule has 0 aromatic carbocycles. The third kappa shape index (κ3) is 3.36. The van der Waals surface area contributed by atoms with Gasteiger partial charge in [-0.15, -0.1) is 0 Å². The maximum Gasteiger partial charge on any atom is 0.225 e. The zero-order valence-corrected chi connectivity index (χ0v) is 9.45. The molecule has 1 rings (SSSR count). The fourth-order valence-electron chi connectivity index (χ4n) is 1.11. The summed E-state index contributed by atoms with van der Waals surface area (Å²) < 4.78 is 1.81. The molecule has 0 spiro atoms. The van der Waals surface area contributed by atoms with Gasteiger partial charge >= 0.3 is 0 Å². The van der Waals surface area contributed by atoms with E-state index in [9.17, 15) is 4.79 Å². The lowest BCUT2D eigenvalue weighted by atomic mass is 10.1. The van der Waals surface area contributed by atoms with E-state index in [1.807, 2.05) is 31.6 Å². The Balaban J connectivity index is 2.65. The van der Waals surface area contributed by atoms with Crippen LogP contribution in [-0.4, -0.2) is 22.2 Å². The van der Waals surface area contributed by atoms with E-state index in [0.717, 1.165) is 0 Å². The van der Waals surface area contributed by atoms with Crippen LogP contribution in [0.25, 0.3) is 0 Å². The minimum atomic E-state index is -0.0778. The number of rotatable bonds is 3. The summed E-state index contributed by atoms with van der Waals surface area (Å²) in [6.45, 7) is 6.50. The standard InChI is InChI=1S/C10H18N4O/c1-10(2,3)14-7-8(6-12-14)13-9(15)4-5-11/h6-7H,4-5,11H2,1-3H3,(H,13,15). The monoisotopic (exact) mass is 210 g/mol. The van der Waals surface area contributed by atoms with Gasteiger partial charge in [0.05, 0.1) is 17.4 Å². The van der Waals surface area contributed by atoms with Gasteiger partial charge in [-0.2, -0.15) is 5.10 Å². The normalized spacial score (nSPS) is 11.5. The van der Waals surface area contributed by atoms with Gasteiger partial charge in [0, 0.05) is 19.2 Å². The average Bonchev–Trinajstić information content (AvgIpc) is 2.52. The van der Waals surface area contributed by atoms with Crippen LogP contribution < -0.4 is 11.1 Å². The first-order chi connectivity index (χ1) is 6.93. The summed E-state index contributed by atoms with van der Waals surface area (Å²) in [5.74, 6) is -0.0778. The van der Waals surface area contributed by atoms with Crippen molar-refractivity contribution in [1.29, 1.82) is 0 Å². The topological polar surface area (TPSA) is 72.9 Å². The number of carbonyl (C=O) groups is 1. The number of nitrogens with one attached hydrogen (secondary N) is 1. The lowest BCUT2D eigenvalue weighted by Gasteiger charge is -2.18. The molecule has 3 N–H and O–H groups in total. The molecule has 0 aliphatic carbocycles. The second-order valence-electron chi connectivity index (χ2n) is 4.43. The van der Waals surface area contributed by atoms with E-state index in [-0.39, 0.29) is 11.4 Å². The Morgan fingerprint density at radius 2 is 2.27 bits per heavy atom. The minimum Gasteiger partial charge on any atom is -0.330 e. The maximum atomic E-state index is 11.2. The van der Waals surface area contributed by atoms with Crippen LogP contribution in [0.4, 0.5) is 5.69 Å². The fraction of sp³-hybridized carbons (Fsp3) is 0.600. The van der Waals surface area contributed by atoms with Crippen LogP contribution >= 0.6 is 0 Å². The first-order valence-corrected chi connectivity index (χ1v) is 4.98. The quantitative estimate of drug-likeness (QED) is 0.779. The third-order valence-electron chi connectivity index (χ3n) is 1.93. The van der Waals surface area contributed by atoms with Crippen LogP contribution in [0, 0.1) is 0 Å². The van der Waals surface area contributed by atoms with Crippen molar-refractivity contribution in [2.45, 2.75) is 32.7 Å². The molecule has 0 aliphatic rings. The highest BCUT2D eigenvalue weighted by Gasteiger charge is 2.14. The van der Waals surface area contributed by atoms with Crippen LogP contribution in [-0.2, 0) is 10.3 Å². The summed E-state index contributed by atoms with van der Waals surface area (Å²) in [4.78, 5) is 11.2. The van der Waals surface area contributed by atoms with Crippen molar-refractivity contribution >= 4 is 11.6 Å². The number of anilines is 1. The van der Waals surface area contributed by atoms with Crippen molar-refractivity contribution in [2.24, 2.45) is 5.73 Å². The Morgan fingerprint density at radius 1 is 1.60 bits per heavy atom. The molecule has 1 heterocycles. The maximum absolute atomic E-state index is 11.2. The van der Waals surface area contributed by atoms with Gasteiger partial charge in [-0.1, -0.05) is 0 Å². The Hall–Kier alpha value is -1.36. The van der Waals surface area contributed by atoms with E-state index in [1.54, 1.807) is 6.20 Å². The van der Waals surface area contributed by atoms with E-state index in [1.165, 1.54) is 0 Å². The molecule has 84 valence electrons. The molecular formula is C10H18N4O. The lowest BCUT2D eigenvalue weighted by molar-refractivity contribution is -0.116. The molecule has 1 aromatic rings. The summed E-state index contributed by atoms with van der Waals surface area (Å²) in [6.07, 6.45) is 3.79. The predicted octanol–water partition coefficient (Wildman–Crippen LogP) is 0.925. The van der Waals surface area contributed by atoms with Crippen molar-refractivity contribution in [3.8, 4) is 0 Å². The molecule has 0 bridgehead atoms. The number of hydrogen-bond donors (Lipinski definition) is 2. The smallest absolute Gasteiger partial charge is 0.225 e. The second-order valence-corrected chi connectivity index (χ2v) is 4.43. The van der Waals surface area contributed by atoms with Gasteiger partial charge in [-0.25, -0.2) is 0 Å². The van der Waals surface area contributed by atoms with Gasteiger partial charge in [-0.05, 0) is 20.8 Å². The SMILES string of the molecule is CC(C)(C)n1cc(NC(=O)CCN)cn1. The number of hydrogen-bond acceptors (Lipinski definition) is 3. The molecule has 15 heavy (non-hydrogen) atoms. The van der Waals surface area contributed by atoms with Crippen LogP contribution in [0.15, 0.2) is 12.4 Å². The summed E-state index contributed by atoms with van der Waals surface area (Å²) in [7, 11) is 0. The van der Waals surface area contributed by atoms with Crippen molar-refractivity contribution in [3.05, 3.63) is 12.4 Å². The zero-order valence-electron chi connectivity index (χ0n) is 9.45. The molecule has 5 nitrogen and oxygen atoms in total. The Bertz CT molecular complexity index is 337. The molecule has 0 atom stereocenters. The molecule has 0 saturated carbocycles. The van der Waals surface area contributed by atoms with Gasteiger partial charge in [-0.3, -0.25) is 9.48 Å². The third-order valence-corrected chi connectivity index (χ3v) is 1.93. The van der Waals surface area contributed by atoms with Crippen molar-refractivity contribution in [1.82, 2.24) is 9.78 Å². The summed E-state index contributed by atoms with van der Waals surface area (Å²) in [5.41, 5.74) is 5.91. The van der Waals surface area contributed by atoms with E-state index in [0.29, 0.717) is 18.7 Å². The highest BCUT2D eigenvalue weighted by atomic mass is 16.1. The second kappa shape index (κ2) is 4.44. The molecule has 0 fully saturated rings. The first kappa shape index (κ1) is 11.7. The van der Waals surface area contributed by atoms with Gasteiger partial charge in [0.2, 0.25) is 5.91 Å². The highest BCUT2D eigenvalue weighted by Crippen LogP contribution is 2.15. The number of amides is 1. The highest BCUT2D eigenvalue weighted by molar-refractivity contribution is 5.90. The molecule has 0 aliphatic heterocycles. The summed E-state index contributed by atoms with van der Waals surface area (Å²) in [6, 6.07) is 0. The van der Waals surface area contributed by atoms with Crippen molar-refractivity contribution in [3.63, 3.8) is 0 Å². The van der Waals surface area contributed by atoms with E-state index in [4.69, 9.17) is 5.73 Å². The van der Waals surface area contributed by atoms with Gasteiger partial charge in [0.1, 0.15) is 0 Å². The Morgan fingerprint density at radius 3 is 2.73 bits per heavy atom. The van der Waals surface area contributed by atoms with Gasteiger partial charge < -0.3 is 11.1 Å². The van der Waals surface area contributed by atoms with E-state index in [2.05, 4.69) is 10.4 Å². The molecule has 1 amide bonds. The zero-order chi connectivity index (χ0) is 11.5. The van der Waals surface area contributed by atoms with Crippen LogP contribution in [0.3, 0.4) is 0 Å². The molecule has 0 saturated heterocycles. The van der Waals surface area contributed by atoms with E-state index >= 15 is 0 Å². The number of nitrogens with two attached hydrogens (primary N) is 1. The van der Waals surface area contributed by atoms with Crippen molar-refractivity contribution in [2.75, 3.05) is 11.9 Å². The van der Waals surface area contributed by atoms with Gasteiger partial charge in [0.25, 0.3) is 0 Å². The Labute approximate surface area is 89.6 Å². The minimum absolute atomic E-state index is 0.0726. The fourth-order valence-corrected chi connectivity index (χ4v) is 1.11. The Kier molecular flexibility index (Phi) is 3.47. The van der Waals surface area contributed by atoms with Crippen molar-refractivity contribution < 1.29 is 4.79 Å². The summed E-state index contributed by atoms with van der Waals surface area (Å²) >= 11 is 0. The summed E-state index contributed by atoms with van der Waals surface area (Å²) in [5, 5.41) is 6.90. The predicted molar refractivity (Wildman–Crippen MR) is 59.5 cm³/mol. The van der Waals surface area contributed by atoms with Crippen LogP contribution in [0.1, 0.15) is 27.2 Å². The number of aromatic nitrogens is 2. The average molecular weight is 210 g/mol. The lowest BCUT2D eigenvalue weighted by Crippen LogP contribution is -2.22. The largest absolute Gasteiger partial charge is 0.330 e. The van der Waals surface area contributed by atoms with Crippen LogP contribution in [0.5, 0.6) is 0 Å². The molecule has 0 unspecified atom stereocenters. The molecule has 5 heteroatoms. The first-order valence-electron chi connectivity index (χ1n) is 4.98. The number of nitrogens with zero attached hydrogens (tertiary/aromatic N) is 2. The number of carbonyl (C=O) groups excluding carboxylic acids is 1. The molecule has 1 aromatic heterocycles. The molecule has 0 radical (unpaired) electrons. The van der Waals surface area contributed by atoms with Gasteiger partial charge in [0.15, 0.2) is 0 Å².